The summed E-state index contributed by atoms with van der Waals surface area (Å²) in [7, 11) is 0. The van der Waals surface area contributed by atoms with Crippen molar-refractivity contribution in [2.24, 2.45) is 11.1 Å². The molecule has 0 saturated heterocycles. The lowest BCUT2D eigenvalue weighted by molar-refractivity contribution is 0.200. The highest BCUT2D eigenvalue weighted by Gasteiger charge is 2.27. The van der Waals surface area contributed by atoms with E-state index in [0.29, 0.717) is 5.41 Å². The van der Waals surface area contributed by atoms with Crippen LogP contribution < -0.4 is 11.1 Å². The average molecular weight is 226 g/mol. The molecule has 0 aromatic carbocycles. The normalized spacial score (nSPS) is 21.0. The summed E-state index contributed by atoms with van der Waals surface area (Å²) in [5.74, 6) is 0. The molecule has 1 aliphatic carbocycles. The van der Waals surface area contributed by atoms with Gasteiger partial charge in [0.05, 0.1) is 0 Å². The van der Waals surface area contributed by atoms with E-state index in [2.05, 4.69) is 26.1 Å². The van der Waals surface area contributed by atoms with Crippen LogP contribution in [0.2, 0.25) is 0 Å². The first kappa shape index (κ1) is 14.0. The molecule has 0 heterocycles. The van der Waals surface area contributed by atoms with E-state index in [4.69, 9.17) is 5.73 Å². The van der Waals surface area contributed by atoms with Crippen LogP contribution in [0.1, 0.15) is 65.7 Å². The van der Waals surface area contributed by atoms with Gasteiger partial charge in [0.25, 0.3) is 0 Å². The van der Waals surface area contributed by atoms with E-state index < -0.39 is 0 Å². The SMILES string of the molecule is CCC(N)(CC)CNCC1(C)CCCCC1. The third kappa shape index (κ3) is 4.06. The molecule has 96 valence electrons. The summed E-state index contributed by atoms with van der Waals surface area (Å²) in [5, 5.41) is 3.61. The monoisotopic (exact) mass is 226 g/mol. The van der Waals surface area contributed by atoms with Gasteiger partial charge >= 0.3 is 0 Å². The number of hydrogen-bond donors (Lipinski definition) is 2. The standard InChI is InChI=1S/C14H30N2/c1-4-14(15,5-2)12-16-11-13(3)9-7-6-8-10-13/h16H,4-12,15H2,1-3H3. The molecule has 0 aromatic rings. The number of hydrogen-bond acceptors (Lipinski definition) is 2. The highest BCUT2D eigenvalue weighted by molar-refractivity contribution is 4.86. The van der Waals surface area contributed by atoms with Crippen LogP contribution in [0.4, 0.5) is 0 Å². The van der Waals surface area contributed by atoms with Gasteiger partial charge in [-0.1, -0.05) is 40.0 Å². The summed E-state index contributed by atoms with van der Waals surface area (Å²) in [6.07, 6.45) is 9.15. The van der Waals surface area contributed by atoms with E-state index >= 15 is 0 Å². The van der Waals surface area contributed by atoms with Crippen LogP contribution in [-0.4, -0.2) is 18.6 Å². The molecule has 0 amide bonds. The fraction of sp³-hybridized carbons (Fsp3) is 1.00. The van der Waals surface area contributed by atoms with Gasteiger partial charge in [-0.15, -0.1) is 0 Å². The van der Waals surface area contributed by atoms with Crippen molar-refractivity contribution in [1.29, 1.82) is 0 Å². The molecule has 1 rings (SSSR count). The van der Waals surface area contributed by atoms with E-state index in [0.717, 1.165) is 25.9 Å². The molecule has 0 bridgehead atoms. The van der Waals surface area contributed by atoms with Crippen LogP contribution in [0.5, 0.6) is 0 Å². The Bertz CT molecular complexity index is 191. The molecule has 0 atom stereocenters. The van der Waals surface area contributed by atoms with Gasteiger partial charge in [0.2, 0.25) is 0 Å². The Morgan fingerprint density at radius 1 is 1.12 bits per heavy atom. The molecule has 1 aliphatic rings. The van der Waals surface area contributed by atoms with E-state index in [1.165, 1.54) is 32.1 Å². The molecule has 0 unspecified atom stereocenters. The van der Waals surface area contributed by atoms with Crippen molar-refractivity contribution in [3.63, 3.8) is 0 Å². The smallest absolute Gasteiger partial charge is 0.0275 e. The first-order valence-electron chi connectivity index (χ1n) is 7.03. The minimum Gasteiger partial charge on any atom is -0.324 e. The van der Waals surface area contributed by atoms with Gasteiger partial charge in [0.1, 0.15) is 0 Å². The topological polar surface area (TPSA) is 38.0 Å². The lowest BCUT2D eigenvalue weighted by atomic mass is 9.75. The summed E-state index contributed by atoms with van der Waals surface area (Å²) in [4.78, 5) is 0. The second-order valence-corrected chi connectivity index (χ2v) is 6.04. The van der Waals surface area contributed by atoms with Crippen LogP contribution >= 0.6 is 0 Å². The van der Waals surface area contributed by atoms with Crippen molar-refractivity contribution in [1.82, 2.24) is 5.32 Å². The number of nitrogens with two attached hydrogens (primary N) is 1. The average Bonchev–Trinajstić information content (AvgIpc) is 2.29. The van der Waals surface area contributed by atoms with E-state index in [9.17, 15) is 0 Å². The first-order valence-corrected chi connectivity index (χ1v) is 7.03. The maximum absolute atomic E-state index is 6.29. The predicted octanol–water partition coefficient (Wildman–Crippen LogP) is 3.06. The Hall–Kier alpha value is -0.0800. The van der Waals surface area contributed by atoms with Crippen molar-refractivity contribution in [3.8, 4) is 0 Å². The number of rotatable bonds is 6. The van der Waals surface area contributed by atoms with Gasteiger partial charge < -0.3 is 11.1 Å². The summed E-state index contributed by atoms with van der Waals surface area (Å²) >= 11 is 0. The first-order chi connectivity index (χ1) is 7.54. The van der Waals surface area contributed by atoms with Gasteiger partial charge in [-0.3, -0.25) is 0 Å². The highest BCUT2D eigenvalue weighted by Crippen LogP contribution is 2.34. The largest absolute Gasteiger partial charge is 0.324 e. The quantitative estimate of drug-likeness (QED) is 0.730. The van der Waals surface area contributed by atoms with Crippen molar-refractivity contribution in [2.45, 2.75) is 71.3 Å². The molecule has 0 radical (unpaired) electrons. The minimum atomic E-state index is 0.00499. The zero-order valence-corrected chi connectivity index (χ0v) is 11.4. The van der Waals surface area contributed by atoms with Crippen LogP contribution in [0.3, 0.4) is 0 Å². The van der Waals surface area contributed by atoms with E-state index in [-0.39, 0.29) is 5.54 Å². The van der Waals surface area contributed by atoms with Crippen molar-refractivity contribution in [2.75, 3.05) is 13.1 Å². The second-order valence-electron chi connectivity index (χ2n) is 6.04. The van der Waals surface area contributed by atoms with Crippen LogP contribution in [0.25, 0.3) is 0 Å². The minimum absolute atomic E-state index is 0.00499. The fourth-order valence-corrected chi connectivity index (χ4v) is 2.70. The molecule has 1 fully saturated rings. The molecule has 3 N–H and O–H groups in total. The predicted molar refractivity (Wildman–Crippen MR) is 71.6 cm³/mol. The maximum Gasteiger partial charge on any atom is 0.0275 e. The summed E-state index contributed by atoms with van der Waals surface area (Å²) in [6, 6.07) is 0. The van der Waals surface area contributed by atoms with Crippen molar-refractivity contribution in [3.05, 3.63) is 0 Å². The van der Waals surface area contributed by atoms with E-state index in [1.807, 2.05) is 0 Å². The molecule has 2 nitrogen and oxygen atoms in total. The third-order valence-corrected chi connectivity index (χ3v) is 4.50. The summed E-state index contributed by atoms with van der Waals surface area (Å²) < 4.78 is 0. The van der Waals surface area contributed by atoms with Crippen LogP contribution in [-0.2, 0) is 0 Å². The second kappa shape index (κ2) is 6.02. The van der Waals surface area contributed by atoms with Gasteiger partial charge in [0, 0.05) is 18.6 Å². The van der Waals surface area contributed by atoms with Crippen molar-refractivity contribution >= 4 is 0 Å². The van der Waals surface area contributed by atoms with E-state index in [1.54, 1.807) is 0 Å². The lowest BCUT2D eigenvalue weighted by Crippen LogP contribution is -2.49. The molecule has 16 heavy (non-hydrogen) atoms. The van der Waals surface area contributed by atoms with Gasteiger partial charge in [0.15, 0.2) is 0 Å². The Labute approximate surface area is 101 Å². The highest BCUT2D eigenvalue weighted by atomic mass is 14.9. The van der Waals surface area contributed by atoms with Crippen LogP contribution in [0.15, 0.2) is 0 Å². The summed E-state index contributed by atoms with van der Waals surface area (Å²) in [5.41, 5.74) is 6.83. The Balaban J connectivity index is 2.28. The Morgan fingerprint density at radius 2 is 1.69 bits per heavy atom. The summed E-state index contributed by atoms with van der Waals surface area (Å²) in [6.45, 7) is 8.91. The lowest BCUT2D eigenvalue weighted by Gasteiger charge is -2.35. The molecule has 0 aromatic heterocycles. The maximum atomic E-state index is 6.29. The fourth-order valence-electron chi connectivity index (χ4n) is 2.70. The molecular weight excluding hydrogens is 196 g/mol. The van der Waals surface area contributed by atoms with Gasteiger partial charge in [-0.25, -0.2) is 0 Å². The Morgan fingerprint density at radius 3 is 2.19 bits per heavy atom. The number of nitrogens with one attached hydrogen (secondary N) is 1. The van der Waals surface area contributed by atoms with Crippen LogP contribution in [0, 0.1) is 5.41 Å². The molecule has 1 saturated carbocycles. The molecular formula is C14H30N2. The molecule has 0 spiro atoms. The molecule has 0 aliphatic heterocycles. The third-order valence-electron chi connectivity index (χ3n) is 4.50. The Kier molecular flexibility index (Phi) is 5.26. The zero-order valence-electron chi connectivity index (χ0n) is 11.4. The molecule has 2 heteroatoms. The zero-order chi connectivity index (χ0) is 12.1. The van der Waals surface area contributed by atoms with Gasteiger partial charge in [-0.2, -0.15) is 0 Å². The van der Waals surface area contributed by atoms with Gasteiger partial charge in [-0.05, 0) is 31.1 Å². The van der Waals surface area contributed by atoms with Crippen molar-refractivity contribution < 1.29 is 0 Å².